The topological polar surface area (TPSA) is 129 Å². The molecule has 2 aromatic rings. The van der Waals surface area contributed by atoms with Crippen molar-refractivity contribution < 1.29 is 23.5 Å². The van der Waals surface area contributed by atoms with Crippen molar-refractivity contribution in [3.63, 3.8) is 0 Å². The van der Waals surface area contributed by atoms with Gasteiger partial charge in [0.05, 0.1) is 54.7 Å². The number of carbonyl (C=O) groups excluding carboxylic acids is 2. The second-order valence-electron chi connectivity index (χ2n) is 7.02. The number of nitrogens with zero attached hydrogens (tertiary/aromatic N) is 3. The summed E-state index contributed by atoms with van der Waals surface area (Å²) in [7, 11) is 2.22. The second kappa shape index (κ2) is 9.25. The molecule has 1 atom stereocenters. The fraction of sp³-hybridized carbons (Fsp3) is 0.167. The van der Waals surface area contributed by atoms with Gasteiger partial charge in [0.25, 0.3) is 0 Å². The molecule has 0 bridgehead atoms. The summed E-state index contributed by atoms with van der Waals surface area (Å²) in [5.74, 6) is -4.07. The standard InChI is InChI=1S/C24H19FN4O4/c1-13-15(11-26)9-10-17(20(13)25)29-21(24(31)33-3)19(23(30)32-2)18(16(12-27)22(29)28)14-7-5-4-6-8-14/h4-10,18H,28H2,1-3H3. The highest BCUT2D eigenvalue weighted by Gasteiger charge is 2.43. The predicted molar refractivity (Wildman–Crippen MR) is 115 cm³/mol. The van der Waals surface area contributed by atoms with Gasteiger partial charge in [-0.05, 0) is 24.6 Å². The number of nitrogens with two attached hydrogens (primary N) is 1. The normalized spacial score (nSPS) is 15.6. The number of allylic oxidation sites excluding steroid dienone is 1. The molecule has 166 valence electrons. The Kier molecular flexibility index (Phi) is 6.46. The Labute approximate surface area is 189 Å². The third-order valence-electron chi connectivity index (χ3n) is 5.34. The highest BCUT2D eigenvalue weighted by Crippen LogP contribution is 2.44. The Bertz CT molecular complexity index is 1290. The van der Waals surface area contributed by atoms with Gasteiger partial charge >= 0.3 is 11.9 Å². The Hall–Kier alpha value is -4.63. The van der Waals surface area contributed by atoms with Crippen molar-refractivity contribution in [2.75, 3.05) is 19.1 Å². The molecule has 2 N–H and O–H groups in total. The lowest BCUT2D eigenvalue weighted by molar-refractivity contribution is -0.139. The summed E-state index contributed by atoms with van der Waals surface area (Å²) in [6.07, 6.45) is 0. The maximum atomic E-state index is 15.4. The van der Waals surface area contributed by atoms with E-state index in [1.165, 1.54) is 19.1 Å². The summed E-state index contributed by atoms with van der Waals surface area (Å²) in [6.45, 7) is 1.39. The minimum Gasteiger partial charge on any atom is -0.466 e. The number of esters is 2. The number of anilines is 1. The van der Waals surface area contributed by atoms with Crippen molar-refractivity contribution in [1.82, 2.24) is 0 Å². The van der Waals surface area contributed by atoms with Crippen LogP contribution in [0.3, 0.4) is 0 Å². The van der Waals surface area contributed by atoms with Crippen molar-refractivity contribution in [2.24, 2.45) is 5.73 Å². The van der Waals surface area contributed by atoms with E-state index in [1.54, 1.807) is 30.3 Å². The van der Waals surface area contributed by atoms with Gasteiger partial charge in [0.15, 0.2) is 5.82 Å². The van der Waals surface area contributed by atoms with Crippen molar-refractivity contribution >= 4 is 17.6 Å². The van der Waals surface area contributed by atoms with E-state index >= 15 is 4.39 Å². The number of methoxy groups -OCH3 is 2. The van der Waals surface area contributed by atoms with E-state index in [-0.39, 0.29) is 33.8 Å². The van der Waals surface area contributed by atoms with Gasteiger partial charge in [-0.25, -0.2) is 14.0 Å². The summed E-state index contributed by atoms with van der Waals surface area (Å²) in [6, 6.07) is 14.9. The highest BCUT2D eigenvalue weighted by molar-refractivity contribution is 6.06. The van der Waals surface area contributed by atoms with Gasteiger partial charge in [0, 0.05) is 5.56 Å². The Morgan fingerprint density at radius 2 is 1.67 bits per heavy atom. The number of carbonyl (C=O) groups is 2. The molecule has 2 aromatic carbocycles. The summed E-state index contributed by atoms with van der Waals surface area (Å²) in [5.41, 5.74) is 5.97. The van der Waals surface area contributed by atoms with Crippen molar-refractivity contribution in [3.05, 3.63) is 87.6 Å². The quantitative estimate of drug-likeness (QED) is 0.710. The minimum absolute atomic E-state index is 0.00956. The van der Waals surface area contributed by atoms with Crippen LogP contribution < -0.4 is 10.6 Å². The van der Waals surface area contributed by atoms with Crippen LogP contribution in [0.25, 0.3) is 0 Å². The van der Waals surface area contributed by atoms with Gasteiger partial charge in [0.2, 0.25) is 0 Å². The molecule has 1 aliphatic rings. The Balaban J connectivity index is 2.46. The van der Waals surface area contributed by atoms with Crippen molar-refractivity contribution in [2.45, 2.75) is 12.8 Å². The predicted octanol–water partition coefficient (Wildman–Crippen LogP) is 2.90. The van der Waals surface area contributed by atoms with Crippen LogP contribution in [-0.4, -0.2) is 26.2 Å². The first-order chi connectivity index (χ1) is 15.8. The fourth-order valence-corrected chi connectivity index (χ4v) is 3.73. The smallest absolute Gasteiger partial charge is 0.355 e. The average Bonchev–Trinajstić information content (AvgIpc) is 2.84. The van der Waals surface area contributed by atoms with E-state index in [4.69, 9.17) is 15.2 Å². The molecule has 0 fully saturated rings. The molecule has 33 heavy (non-hydrogen) atoms. The van der Waals surface area contributed by atoms with Crippen LogP contribution in [0.15, 0.2) is 65.1 Å². The number of ether oxygens (including phenoxy) is 2. The lowest BCUT2D eigenvalue weighted by Gasteiger charge is -2.36. The van der Waals surface area contributed by atoms with E-state index in [1.807, 2.05) is 12.1 Å². The zero-order valence-electron chi connectivity index (χ0n) is 18.0. The summed E-state index contributed by atoms with van der Waals surface area (Å²) in [5, 5.41) is 19.2. The molecule has 1 unspecified atom stereocenters. The summed E-state index contributed by atoms with van der Waals surface area (Å²) >= 11 is 0. The zero-order valence-corrected chi connectivity index (χ0v) is 18.0. The van der Waals surface area contributed by atoms with E-state index in [9.17, 15) is 20.1 Å². The molecule has 0 spiro atoms. The molecule has 8 nitrogen and oxygen atoms in total. The molecule has 3 rings (SSSR count). The van der Waals surface area contributed by atoms with Crippen LogP contribution >= 0.6 is 0 Å². The van der Waals surface area contributed by atoms with Crippen molar-refractivity contribution in [1.29, 1.82) is 10.5 Å². The molecule has 1 aliphatic heterocycles. The Morgan fingerprint density at radius 1 is 1.03 bits per heavy atom. The number of benzene rings is 2. The summed E-state index contributed by atoms with van der Waals surface area (Å²) in [4.78, 5) is 26.9. The molecule has 0 amide bonds. The molecule has 9 heteroatoms. The van der Waals surface area contributed by atoms with Crippen molar-refractivity contribution in [3.8, 4) is 12.1 Å². The van der Waals surface area contributed by atoms with E-state index in [0.717, 1.165) is 19.1 Å². The number of hydrogen-bond donors (Lipinski definition) is 1. The van der Waals surface area contributed by atoms with Gasteiger partial charge < -0.3 is 15.2 Å². The number of halogens is 1. The van der Waals surface area contributed by atoms with Crippen LogP contribution in [0.2, 0.25) is 0 Å². The molecule has 0 aromatic heterocycles. The fourth-order valence-electron chi connectivity index (χ4n) is 3.73. The molecular formula is C24H19FN4O4. The largest absolute Gasteiger partial charge is 0.466 e. The first-order valence-corrected chi connectivity index (χ1v) is 9.67. The third-order valence-corrected chi connectivity index (χ3v) is 5.34. The SMILES string of the molecule is COC(=O)C1=C(C(=O)OC)N(c2ccc(C#N)c(C)c2F)C(N)=C(C#N)C1c1ccccc1. The molecular weight excluding hydrogens is 427 g/mol. The van der Waals surface area contributed by atoms with Gasteiger partial charge in [-0.1, -0.05) is 30.3 Å². The van der Waals surface area contributed by atoms with E-state index < -0.39 is 29.4 Å². The number of hydrogen-bond acceptors (Lipinski definition) is 8. The van der Waals surface area contributed by atoms with Crippen LogP contribution in [0.5, 0.6) is 0 Å². The molecule has 1 heterocycles. The minimum atomic E-state index is -1.06. The van der Waals surface area contributed by atoms with E-state index in [0.29, 0.717) is 5.56 Å². The summed E-state index contributed by atoms with van der Waals surface area (Å²) < 4.78 is 25.2. The van der Waals surface area contributed by atoms with Gasteiger partial charge in [-0.2, -0.15) is 10.5 Å². The van der Waals surface area contributed by atoms with Crippen LogP contribution in [0.1, 0.15) is 22.6 Å². The van der Waals surface area contributed by atoms with Gasteiger partial charge in [-0.15, -0.1) is 0 Å². The maximum Gasteiger partial charge on any atom is 0.355 e. The molecule has 0 aliphatic carbocycles. The lowest BCUT2D eigenvalue weighted by atomic mass is 9.81. The average molecular weight is 446 g/mol. The zero-order chi connectivity index (χ0) is 24.3. The molecule has 0 radical (unpaired) electrons. The second-order valence-corrected chi connectivity index (χ2v) is 7.02. The van der Waals surface area contributed by atoms with Gasteiger partial charge in [0.1, 0.15) is 11.5 Å². The van der Waals surface area contributed by atoms with E-state index in [2.05, 4.69) is 0 Å². The molecule has 0 saturated heterocycles. The van der Waals surface area contributed by atoms with Crippen LogP contribution in [0.4, 0.5) is 10.1 Å². The first kappa shape index (κ1) is 23.0. The van der Waals surface area contributed by atoms with Gasteiger partial charge in [-0.3, -0.25) is 4.90 Å². The Morgan fingerprint density at radius 3 is 2.21 bits per heavy atom. The molecule has 0 saturated carbocycles. The maximum absolute atomic E-state index is 15.4. The lowest BCUT2D eigenvalue weighted by Crippen LogP contribution is -2.41. The van der Waals surface area contributed by atoms with Crippen LogP contribution in [-0.2, 0) is 19.1 Å². The number of rotatable bonds is 4. The highest BCUT2D eigenvalue weighted by atomic mass is 19.1. The first-order valence-electron chi connectivity index (χ1n) is 9.67. The number of nitriles is 2. The van der Waals surface area contributed by atoms with Crippen LogP contribution in [0, 0.1) is 35.4 Å². The third kappa shape index (κ3) is 3.77. The monoisotopic (exact) mass is 446 g/mol.